The van der Waals surface area contributed by atoms with E-state index in [4.69, 9.17) is 14.6 Å². The Balaban J connectivity index is 2.22. The van der Waals surface area contributed by atoms with Gasteiger partial charge in [-0.1, -0.05) is 11.8 Å². The summed E-state index contributed by atoms with van der Waals surface area (Å²) in [7, 11) is 1.66. The van der Waals surface area contributed by atoms with Gasteiger partial charge in [-0.15, -0.1) is 0 Å². The molecule has 2 rings (SSSR count). The zero-order chi connectivity index (χ0) is 14.4. The maximum atomic E-state index is 8.86. The third-order valence-electron chi connectivity index (χ3n) is 3.49. The molecule has 20 heavy (non-hydrogen) atoms. The summed E-state index contributed by atoms with van der Waals surface area (Å²) >= 11 is 0. The number of hydrogen-bond acceptors (Lipinski definition) is 4. The topological polar surface area (TPSA) is 41.9 Å². The lowest BCUT2D eigenvalue weighted by Gasteiger charge is -2.33. The second-order valence-electron chi connectivity index (χ2n) is 4.88. The molecule has 1 heterocycles. The number of benzene rings is 1. The molecule has 0 saturated carbocycles. The van der Waals surface area contributed by atoms with Crippen molar-refractivity contribution < 1.29 is 14.6 Å². The highest BCUT2D eigenvalue weighted by Gasteiger charge is 2.19. The zero-order valence-electron chi connectivity index (χ0n) is 12.1. The lowest BCUT2D eigenvalue weighted by molar-refractivity contribution is -0.00441. The van der Waals surface area contributed by atoms with Crippen molar-refractivity contribution in [3.8, 4) is 17.6 Å². The van der Waals surface area contributed by atoms with Gasteiger partial charge in [0.05, 0.1) is 20.3 Å². The maximum Gasteiger partial charge on any atom is 0.119 e. The minimum Gasteiger partial charge on any atom is -0.497 e. The van der Waals surface area contributed by atoms with Crippen molar-refractivity contribution in [2.45, 2.75) is 19.5 Å². The number of hydrogen-bond donors (Lipinski definition) is 1. The molecular weight excluding hydrogens is 254 g/mol. The molecule has 1 aliphatic rings. The summed E-state index contributed by atoms with van der Waals surface area (Å²) in [5.41, 5.74) is 2.07. The van der Waals surface area contributed by atoms with Crippen LogP contribution in [0.25, 0.3) is 0 Å². The molecule has 1 fully saturated rings. The fourth-order valence-electron chi connectivity index (χ4n) is 2.30. The number of aliphatic hydroxyl groups is 1. The molecule has 1 N–H and O–H groups in total. The van der Waals surface area contributed by atoms with E-state index in [2.05, 4.69) is 23.7 Å². The molecule has 4 heteroatoms. The number of rotatable bonds is 3. The molecule has 0 bridgehead atoms. The summed E-state index contributed by atoms with van der Waals surface area (Å²) in [4.78, 5) is 2.38. The van der Waals surface area contributed by atoms with E-state index in [1.54, 1.807) is 7.11 Å². The van der Waals surface area contributed by atoms with Crippen LogP contribution in [0.2, 0.25) is 0 Å². The summed E-state index contributed by atoms with van der Waals surface area (Å²) in [5.74, 6) is 6.55. The quantitative estimate of drug-likeness (QED) is 0.843. The van der Waals surface area contributed by atoms with Gasteiger partial charge in [0.1, 0.15) is 12.4 Å². The molecule has 0 spiro atoms. The van der Waals surface area contributed by atoms with Crippen LogP contribution >= 0.6 is 0 Å². The standard InChI is InChI=1S/C16H21NO3/c1-13-12-20-9-7-17(13)11-15-10-16(19-2)6-5-14(15)4-3-8-18/h5-6,10,13,18H,7-9,11-12H2,1-2H3. The van der Waals surface area contributed by atoms with Crippen LogP contribution in [-0.2, 0) is 11.3 Å². The van der Waals surface area contributed by atoms with Crippen molar-refractivity contribution in [2.24, 2.45) is 0 Å². The first-order chi connectivity index (χ1) is 9.74. The second kappa shape index (κ2) is 7.30. The molecule has 4 nitrogen and oxygen atoms in total. The maximum absolute atomic E-state index is 8.86. The van der Waals surface area contributed by atoms with Crippen LogP contribution in [0, 0.1) is 11.8 Å². The SMILES string of the molecule is COc1ccc(C#CCO)c(CN2CCOCC2C)c1. The fourth-order valence-corrected chi connectivity index (χ4v) is 2.30. The number of methoxy groups -OCH3 is 1. The smallest absolute Gasteiger partial charge is 0.119 e. The van der Waals surface area contributed by atoms with Gasteiger partial charge in [-0.2, -0.15) is 0 Å². The molecule has 0 amide bonds. The Labute approximate surface area is 120 Å². The Bertz CT molecular complexity index is 504. The Kier molecular flexibility index (Phi) is 5.42. The normalized spacial score (nSPS) is 19.2. The summed E-state index contributed by atoms with van der Waals surface area (Å²) in [6, 6.07) is 6.26. The first kappa shape index (κ1) is 14.9. The average Bonchev–Trinajstić information content (AvgIpc) is 2.48. The van der Waals surface area contributed by atoms with E-state index in [1.807, 2.05) is 18.2 Å². The minimum atomic E-state index is -0.126. The highest BCUT2D eigenvalue weighted by molar-refractivity contribution is 5.45. The summed E-state index contributed by atoms with van der Waals surface area (Å²) in [6.07, 6.45) is 0. The van der Waals surface area contributed by atoms with Crippen LogP contribution in [0.1, 0.15) is 18.1 Å². The fraction of sp³-hybridized carbons (Fsp3) is 0.500. The molecule has 1 aromatic rings. The highest BCUT2D eigenvalue weighted by Crippen LogP contribution is 2.20. The van der Waals surface area contributed by atoms with Crippen molar-refractivity contribution in [2.75, 3.05) is 33.5 Å². The number of aliphatic hydroxyl groups excluding tert-OH is 1. The van der Waals surface area contributed by atoms with Gasteiger partial charge >= 0.3 is 0 Å². The van der Waals surface area contributed by atoms with E-state index < -0.39 is 0 Å². The number of ether oxygens (including phenoxy) is 2. The van der Waals surface area contributed by atoms with Crippen molar-refractivity contribution in [3.05, 3.63) is 29.3 Å². The van der Waals surface area contributed by atoms with Crippen molar-refractivity contribution in [1.29, 1.82) is 0 Å². The van der Waals surface area contributed by atoms with Crippen molar-refractivity contribution >= 4 is 0 Å². The molecule has 1 aromatic carbocycles. The third kappa shape index (κ3) is 3.73. The molecule has 108 valence electrons. The van der Waals surface area contributed by atoms with Gasteiger partial charge in [-0.25, -0.2) is 0 Å². The molecule has 0 radical (unpaired) electrons. The van der Waals surface area contributed by atoms with Gasteiger partial charge in [0.25, 0.3) is 0 Å². The van der Waals surface area contributed by atoms with E-state index in [0.717, 1.165) is 43.2 Å². The molecule has 1 atom stereocenters. The van der Waals surface area contributed by atoms with E-state index in [0.29, 0.717) is 6.04 Å². The Morgan fingerprint density at radius 2 is 2.35 bits per heavy atom. The van der Waals surface area contributed by atoms with Gasteiger partial charge in [0.15, 0.2) is 0 Å². The van der Waals surface area contributed by atoms with Crippen LogP contribution in [0.5, 0.6) is 5.75 Å². The third-order valence-corrected chi connectivity index (χ3v) is 3.49. The van der Waals surface area contributed by atoms with Crippen LogP contribution in [-0.4, -0.2) is 49.5 Å². The van der Waals surface area contributed by atoms with Gasteiger partial charge < -0.3 is 14.6 Å². The Morgan fingerprint density at radius 3 is 3.05 bits per heavy atom. The van der Waals surface area contributed by atoms with Crippen LogP contribution in [0.15, 0.2) is 18.2 Å². The van der Waals surface area contributed by atoms with Crippen LogP contribution < -0.4 is 4.74 Å². The second-order valence-corrected chi connectivity index (χ2v) is 4.88. The highest BCUT2D eigenvalue weighted by atomic mass is 16.5. The lowest BCUT2D eigenvalue weighted by Crippen LogP contribution is -2.43. The van der Waals surface area contributed by atoms with Gasteiger partial charge in [0, 0.05) is 24.7 Å². The molecular formula is C16H21NO3. The predicted molar refractivity (Wildman–Crippen MR) is 77.6 cm³/mol. The van der Waals surface area contributed by atoms with Crippen LogP contribution in [0.4, 0.5) is 0 Å². The van der Waals surface area contributed by atoms with E-state index >= 15 is 0 Å². The summed E-state index contributed by atoms with van der Waals surface area (Å²) in [6.45, 7) is 5.31. The Hall–Kier alpha value is -1.54. The van der Waals surface area contributed by atoms with Crippen LogP contribution in [0.3, 0.4) is 0 Å². The van der Waals surface area contributed by atoms with Crippen molar-refractivity contribution in [3.63, 3.8) is 0 Å². The first-order valence-electron chi connectivity index (χ1n) is 6.83. The Morgan fingerprint density at radius 1 is 1.50 bits per heavy atom. The molecule has 1 saturated heterocycles. The molecule has 0 aromatic heterocycles. The minimum absolute atomic E-state index is 0.126. The monoisotopic (exact) mass is 275 g/mol. The van der Waals surface area contributed by atoms with Gasteiger partial charge in [0.2, 0.25) is 0 Å². The summed E-state index contributed by atoms with van der Waals surface area (Å²) in [5, 5.41) is 8.86. The van der Waals surface area contributed by atoms with E-state index in [9.17, 15) is 0 Å². The molecule has 0 aliphatic carbocycles. The summed E-state index contributed by atoms with van der Waals surface area (Å²) < 4.78 is 10.8. The number of morpholine rings is 1. The average molecular weight is 275 g/mol. The zero-order valence-corrected chi connectivity index (χ0v) is 12.1. The van der Waals surface area contributed by atoms with Crippen molar-refractivity contribution in [1.82, 2.24) is 4.90 Å². The predicted octanol–water partition coefficient (Wildman–Crippen LogP) is 1.26. The van der Waals surface area contributed by atoms with Gasteiger partial charge in [-0.3, -0.25) is 4.90 Å². The number of nitrogens with zero attached hydrogens (tertiary/aromatic N) is 1. The van der Waals surface area contributed by atoms with E-state index in [-0.39, 0.29) is 6.61 Å². The van der Waals surface area contributed by atoms with E-state index in [1.165, 1.54) is 0 Å². The molecule has 1 aliphatic heterocycles. The first-order valence-corrected chi connectivity index (χ1v) is 6.83. The lowest BCUT2D eigenvalue weighted by atomic mass is 10.1. The molecule has 1 unspecified atom stereocenters. The van der Waals surface area contributed by atoms with Gasteiger partial charge in [-0.05, 0) is 30.7 Å². The largest absolute Gasteiger partial charge is 0.497 e.